The van der Waals surface area contributed by atoms with E-state index < -0.39 is 0 Å². The summed E-state index contributed by atoms with van der Waals surface area (Å²) in [6.07, 6.45) is 4.49. The molecule has 0 N–H and O–H groups in total. The first-order valence-electron chi connectivity index (χ1n) is 6.33. The van der Waals surface area contributed by atoms with Gasteiger partial charge in [-0.2, -0.15) is 0 Å². The first-order chi connectivity index (χ1) is 8.06. The van der Waals surface area contributed by atoms with E-state index in [-0.39, 0.29) is 11.0 Å². The van der Waals surface area contributed by atoms with Gasteiger partial charge in [-0.1, -0.05) is 23.8 Å². The van der Waals surface area contributed by atoms with Gasteiger partial charge in [-0.05, 0) is 50.7 Å². The van der Waals surface area contributed by atoms with Crippen LogP contribution in [-0.4, -0.2) is 12.7 Å². The van der Waals surface area contributed by atoms with Crippen LogP contribution in [0.4, 0.5) is 0 Å². The van der Waals surface area contributed by atoms with Gasteiger partial charge >= 0.3 is 0 Å². The van der Waals surface area contributed by atoms with Crippen LogP contribution in [0, 0.1) is 13.8 Å². The van der Waals surface area contributed by atoms with Gasteiger partial charge in [0.1, 0.15) is 0 Å². The molecule has 0 bridgehead atoms. The van der Waals surface area contributed by atoms with Crippen LogP contribution in [0.3, 0.4) is 0 Å². The Morgan fingerprint density at radius 3 is 2.59 bits per heavy atom. The van der Waals surface area contributed by atoms with Gasteiger partial charge in [0.05, 0.1) is 11.0 Å². The summed E-state index contributed by atoms with van der Waals surface area (Å²) < 4.78 is 5.65. The number of aryl methyl sites for hydroxylation is 2. The molecule has 0 aliphatic heterocycles. The molecule has 2 rings (SSSR count). The predicted molar refractivity (Wildman–Crippen MR) is 72.7 cm³/mol. The van der Waals surface area contributed by atoms with Crippen molar-refractivity contribution < 1.29 is 4.74 Å². The summed E-state index contributed by atoms with van der Waals surface area (Å²) in [6, 6.07) is 6.49. The van der Waals surface area contributed by atoms with Crippen molar-refractivity contribution >= 4 is 11.6 Å². The average molecular weight is 253 g/mol. The Morgan fingerprint density at radius 1 is 1.35 bits per heavy atom. The molecule has 94 valence electrons. The van der Waals surface area contributed by atoms with Crippen molar-refractivity contribution in [2.75, 3.05) is 7.11 Å². The second-order valence-electron chi connectivity index (χ2n) is 5.27. The molecule has 1 fully saturated rings. The van der Waals surface area contributed by atoms with E-state index >= 15 is 0 Å². The standard InChI is InChI=1S/C15H21ClO/c1-11-5-6-12(2)13(9-11)14(16)10-15(17-3)7-4-8-15/h5-6,9,14H,4,7-8,10H2,1-3H3. The monoisotopic (exact) mass is 252 g/mol. The number of methoxy groups -OCH3 is 1. The Balaban J connectivity index is 2.13. The lowest BCUT2D eigenvalue weighted by Gasteiger charge is -2.42. The number of hydrogen-bond donors (Lipinski definition) is 0. The van der Waals surface area contributed by atoms with E-state index in [1.54, 1.807) is 0 Å². The van der Waals surface area contributed by atoms with Crippen molar-refractivity contribution in [1.82, 2.24) is 0 Å². The van der Waals surface area contributed by atoms with E-state index in [1.165, 1.54) is 23.1 Å². The van der Waals surface area contributed by atoms with E-state index in [4.69, 9.17) is 16.3 Å². The summed E-state index contributed by atoms with van der Waals surface area (Å²) in [5.41, 5.74) is 3.86. The highest BCUT2D eigenvalue weighted by Crippen LogP contribution is 2.44. The molecule has 2 heteroatoms. The fourth-order valence-electron chi connectivity index (χ4n) is 2.60. The molecule has 0 aromatic heterocycles. The lowest BCUT2D eigenvalue weighted by molar-refractivity contribution is -0.0780. The fraction of sp³-hybridized carbons (Fsp3) is 0.600. The van der Waals surface area contributed by atoms with Crippen molar-refractivity contribution in [1.29, 1.82) is 0 Å². The third-order valence-corrected chi connectivity index (χ3v) is 4.41. The largest absolute Gasteiger partial charge is 0.378 e. The van der Waals surface area contributed by atoms with E-state index in [9.17, 15) is 0 Å². The average Bonchev–Trinajstić information content (AvgIpc) is 2.26. The Labute approximate surface area is 109 Å². The van der Waals surface area contributed by atoms with Crippen molar-refractivity contribution in [3.05, 3.63) is 34.9 Å². The topological polar surface area (TPSA) is 9.23 Å². The molecule has 1 aliphatic rings. The van der Waals surface area contributed by atoms with Gasteiger partial charge < -0.3 is 4.74 Å². The van der Waals surface area contributed by atoms with Crippen LogP contribution >= 0.6 is 11.6 Å². The number of halogens is 1. The minimum absolute atomic E-state index is 0.0442. The summed E-state index contributed by atoms with van der Waals surface area (Å²) in [7, 11) is 1.81. The van der Waals surface area contributed by atoms with Crippen molar-refractivity contribution in [3.63, 3.8) is 0 Å². The van der Waals surface area contributed by atoms with Gasteiger partial charge in [0.25, 0.3) is 0 Å². The molecule has 17 heavy (non-hydrogen) atoms. The zero-order valence-corrected chi connectivity index (χ0v) is 11.7. The summed E-state index contributed by atoms with van der Waals surface area (Å²) in [6.45, 7) is 4.24. The number of benzene rings is 1. The van der Waals surface area contributed by atoms with Crippen LogP contribution in [0.2, 0.25) is 0 Å². The summed E-state index contributed by atoms with van der Waals surface area (Å²) in [4.78, 5) is 0. The molecule has 0 amide bonds. The van der Waals surface area contributed by atoms with Gasteiger partial charge in [-0.15, -0.1) is 11.6 Å². The second kappa shape index (κ2) is 4.99. The van der Waals surface area contributed by atoms with Crippen LogP contribution in [0.1, 0.15) is 47.8 Å². The highest BCUT2D eigenvalue weighted by Gasteiger charge is 2.39. The van der Waals surface area contributed by atoms with Gasteiger partial charge in [0.2, 0.25) is 0 Å². The Hall–Kier alpha value is -0.530. The maximum Gasteiger partial charge on any atom is 0.0696 e. The van der Waals surface area contributed by atoms with Crippen molar-refractivity contribution in [3.8, 4) is 0 Å². The molecular weight excluding hydrogens is 232 g/mol. The van der Waals surface area contributed by atoms with Crippen LogP contribution in [0.5, 0.6) is 0 Å². The van der Waals surface area contributed by atoms with E-state index in [0.29, 0.717) is 0 Å². The van der Waals surface area contributed by atoms with E-state index in [0.717, 1.165) is 19.3 Å². The summed E-state index contributed by atoms with van der Waals surface area (Å²) >= 11 is 6.58. The van der Waals surface area contributed by atoms with Gasteiger partial charge in [0.15, 0.2) is 0 Å². The van der Waals surface area contributed by atoms with Crippen LogP contribution < -0.4 is 0 Å². The molecule has 1 atom stereocenters. The zero-order chi connectivity index (χ0) is 12.5. The van der Waals surface area contributed by atoms with Crippen molar-refractivity contribution in [2.24, 2.45) is 0 Å². The first kappa shape index (κ1) is 12.9. The van der Waals surface area contributed by atoms with Crippen LogP contribution in [-0.2, 0) is 4.74 Å². The molecule has 1 aromatic carbocycles. The van der Waals surface area contributed by atoms with E-state index in [1.807, 2.05) is 7.11 Å². The molecule has 1 aliphatic carbocycles. The minimum atomic E-state index is 0.0442. The Morgan fingerprint density at radius 2 is 2.06 bits per heavy atom. The maximum absolute atomic E-state index is 6.58. The van der Waals surface area contributed by atoms with Gasteiger partial charge in [-0.25, -0.2) is 0 Å². The third-order valence-electron chi connectivity index (χ3n) is 4.02. The molecule has 1 saturated carbocycles. The lowest BCUT2D eigenvalue weighted by Crippen LogP contribution is -2.40. The molecule has 1 nitrogen and oxygen atoms in total. The maximum atomic E-state index is 6.58. The lowest BCUT2D eigenvalue weighted by atomic mass is 9.75. The molecule has 0 saturated heterocycles. The highest BCUT2D eigenvalue weighted by molar-refractivity contribution is 6.21. The zero-order valence-electron chi connectivity index (χ0n) is 10.9. The number of ether oxygens (including phenoxy) is 1. The molecule has 1 aromatic rings. The van der Waals surface area contributed by atoms with Gasteiger partial charge in [0, 0.05) is 7.11 Å². The molecule has 0 radical (unpaired) electrons. The quantitative estimate of drug-likeness (QED) is 0.715. The third kappa shape index (κ3) is 2.66. The number of rotatable bonds is 4. The Kier molecular flexibility index (Phi) is 3.79. The Bertz CT molecular complexity index is 390. The second-order valence-corrected chi connectivity index (χ2v) is 5.80. The summed E-state index contributed by atoms with van der Waals surface area (Å²) in [5, 5.41) is 0.0650. The number of alkyl halides is 1. The van der Waals surface area contributed by atoms with E-state index in [2.05, 4.69) is 32.0 Å². The molecule has 0 spiro atoms. The molecule has 1 unspecified atom stereocenters. The normalized spacial score (nSPS) is 19.8. The highest BCUT2D eigenvalue weighted by atomic mass is 35.5. The smallest absolute Gasteiger partial charge is 0.0696 e. The first-order valence-corrected chi connectivity index (χ1v) is 6.76. The fourth-order valence-corrected chi connectivity index (χ4v) is 3.11. The SMILES string of the molecule is COC1(CC(Cl)c2cc(C)ccc2C)CCC1. The minimum Gasteiger partial charge on any atom is -0.378 e. The predicted octanol–water partition coefficient (Wildman–Crippen LogP) is 4.54. The van der Waals surface area contributed by atoms with Crippen molar-refractivity contribution in [2.45, 2.75) is 50.5 Å². The molecular formula is C15H21ClO. The molecule has 0 heterocycles. The van der Waals surface area contributed by atoms with Crippen LogP contribution in [0.25, 0.3) is 0 Å². The van der Waals surface area contributed by atoms with Gasteiger partial charge in [-0.3, -0.25) is 0 Å². The number of hydrogen-bond acceptors (Lipinski definition) is 1. The summed E-state index contributed by atoms with van der Waals surface area (Å²) in [5.74, 6) is 0. The van der Waals surface area contributed by atoms with Crippen LogP contribution in [0.15, 0.2) is 18.2 Å².